The first-order valence-corrected chi connectivity index (χ1v) is 16.3. The third-order valence-electron chi connectivity index (χ3n) is 9.00. The van der Waals surface area contributed by atoms with Crippen molar-refractivity contribution in [2.24, 2.45) is 0 Å². The summed E-state index contributed by atoms with van der Waals surface area (Å²) in [5.41, 5.74) is -0.152. The van der Waals surface area contributed by atoms with Crippen LogP contribution in [0.2, 0.25) is 5.02 Å². The Kier molecular flexibility index (Phi) is 10.0. The Hall–Kier alpha value is -3.23. The maximum atomic E-state index is 13.9. The fourth-order valence-corrected chi connectivity index (χ4v) is 7.59. The van der Waals surface area contributed by atoms with Crippen molar-refractivity contribution in [2.45, 2.75) is 63.0 Å². The Morgan fingerprint density at radius 3 is 2.40 bits per heavy atom. The molecule has 2 aromatic rings. The Morgan fingerprint density at radius 2 is 1.78 bits per heavy atom. The number of hydrogen-bond acceptors (Lipinski definition) is 6. The molecule has 5 amide bonds. The van der Waals surface area contributed by atoms with Crippen molar-refractivity contribution in [1.29, 1.82) is 0 Å². The Balaban J connectivity index is 1.29. The summed E-state index contributed by atoms with van der Waals surface area (Å²) in [6.45, 7) is 2.22. The fraction of sp³-hybridized carbons (Fsp3) is 0.567. The molecular weight excluding hydrogens is 631 g/mol. The van der Waals surface area contributed by atoms with E-state index in [2.05, 4.69) is 20.9 Å². The largest absolute Gasteiger partial charge is 0.418 e. The van der Waals surface area contributed by atoms with Gasteiger partial charge in [0.15, 0.2) is 0 Å². The molecular formula is C30H39ClF3N7O3S. The number of piperidine rings is 2. The number of nitrogens with one attached hydrogen (secondary N) is 3. The summed E-state index contributed by atoms with van der Waals surface area (Å²) in [5, 5.41) is 10.1. The van der Waals surface area contributed by atoms with Gasteiger partial charge in [-0.25, -0.2) is 9.59 Å². The average Bonchev–Trinajstić information content (AvgIpc) is 3.46. The smallest absolute Gasteiger partial charge is 0.386 e. The molecule has 0 aliphatic carbocycles. The summed E-state index contributed by atoms with van der Waals surface area (Å²) in [4.78, 5) is 48.3. The number of alkyl halides is 3. The number of likely N-dealkylation sites (tertiary alicyclic amines) is 2. The number of benzene rings is 1. The number of anilines is 2. The van der Waals surface area contributed by atoms with Gasteiger partial charge in [-0.05, 0) is 68.9 Å². The van der Waals surface area contributed by atoms with Crippen LogP contribution in [0.5, 0.6) is 0 Å². The summed E-state index contributed by atoms with van der Waals surface area (Å²) in [6.07, 6.45) is -2.19. The molecule has 2 saturated heterocycles. The second kappa shape index (κ2) is 13.6. The van der Waals surface area contributed by atoms with Crippen molar-refractivity contribution >= 4 is 52.3 Å². The molecule has 0 spiro atoms. The lowest BCUT2D eigenvalue weighted by Crippen LogP contribution is -2.57. The predicted octanol–water partition coefficient (Wildman–Crippen LogP) is 5.15. The van der Waals surface area contributed by atoms with Crippen LogP contribution in [0.3, 0.4) is 0 Å². The molecule has 0 bridgehead atoms. The van der Waals surface area contributed by atoms with Crippen LogP contribution in [0.1, 0.15) is 41.7 Å². The van der Waals surface area contributed by atoms with Crippen LogP contribution < -0.4 is 16.0 Å². The van der Waals surface area contributed by atoms with Gasteiger partial charge in [0, 0.05) is 56.6 Å². The third-order valence-corrected chi connectivity index (χ3v) is 10.2. The lowest BCUT2D eigenvalue weighted by molar-refractivity contribution is -0.137. The first kappa shape index (κ1) is 33.1. The number of nitrogens with zero attached hydrogens (tertiary/aromatic N) is 4. The molecule has 1 aromatic heterocycles. The molecule has 0 radical (unpaired) electrons. The summed E-state index contributed by atoms with van der Waals surface area (Å²) in [5.74, 6) is -0.338. The molecule has 246 valence electrons. The molecule has 0 unspecified atom stereocenters. The first-order chi connectivity index (χ1) is 21.3. The van der Waals surface area contributed by atoms with Gasteiger partial charge in [-0.2, -0.15) is 13.2 Å². The highest BCUT2D eigenvalue weighted by molar-refractivity contribution is 7.10. The zero-order valence-corrected chi connectivity index (χ0v) is 27.1. The highest BCUT2D eigenvalue weighted by Crippen LogP contribution is 2.40. The second-order valence-corrected chi connectivity index (χ2v) is 13.4. The van der Waals surface area contributed by atoms with Gasteiger partial charge >= 0.3 is 18.2 Å². The van der Waals surface area contributed by atoms with Gasteiger partial charge in [-0.3, -0.25) is 4.79 Å². The quantitative estimate of drug-likeness (QED) is 0.379. The van der Waals surface area contributed by atoms with Gasteiger partial charge in [0.25, 0.3) is 0 Å². The Bertz CT molecular complexity index is 1410. The van der Waals surface area contributed by atoms with Crippen molar-refractivity contribution < 1.29 is 27.6 Å². The number of carbonyl (C=O) groups is 3. The predicted molar refractivity (Wildman–Crippen MR) is 169 cm³/mol. The van der Waals surface area contributed by atoms with Crippen LogP contribution >= 0.6 is 22.9 Å². The van der Waals surface area contributed by atoms with E-state index >= 15 is 0 Å². The maximum Gasteiger partial charge on any atom is 0.418 e. The van der Waals surface area contributed by atoms with Crippen LogP contribution in [-0.2, 0) is 23.9 Å². The van der Waals surface area contributed by atoms with Crippen LogP contribution in [0.15, 0.2) is 23.6 Å². The number of thiophene rings is 1. The monoisotopic (exact) mass is 669 g/mol. The number of rotatable bonds is 7. The van der Waals surface area contributed by atoms with Crippen LogP contribution in [0.4, 0.5) is 34.1 Å². The second-order valence-electron chi connectivity index (χ2n) is 12.0. The zero-order chi connectivity index (χ0) is 32.5. The molecule has 0 saturated carbocycles. The van der Waals surface area contributed by atoms with E-state index in [1.807, 2.05) is 25.5 Å². The lowest BCUT2D eigenvalue weighted by Gasteiger charge is -2.40. The average molecular weight is 670 g/mol. The van der Waals surface area contributed by atoms with Gasteiger partial charge in [0.05, 0.1) is 28.5 Å². The van der Waals surface area contributed by atoms with Gasteiger partial charge in [-0.1, -0.05) is 11.6 Å². The molecule has 3 aliphatic heterocycles. The minimum Gasteiger partial charge on any atom is -0.386 e. The highest BCUT2D eigenvalue weighted by atomic mass is 35.5. The molecule has 4 heterocycles. The summed E-state index contributed by atoms with van der Waals surface area (Å²) >= 11 is 7.83. The molecule has 1 aromatic carbocycles. The van der Waals surface area contributed by atoms with Crippen LogP contribution in [-0.4, -0.2) is 103 Å². The minimum absolute atomic E-state index is 0.0478. The van der Waals surface area contributed by atoms with E-state index in [4.69, 9.17) is 11.6 Å². The van der Waals surface area contributed by atoms with E-state index in [9.17, 15) is 27.6 Å². The van der Waals surface area contributed by atoms with Crippen LogP contribution in [0.25, 0.3) is 0 Å². The van der Waals surface area contributed by atoms with Gasteiger partial charge in [-0.15, -0.1) is 11.3 Å². The lowest BCUT2D eigenvalue weighted by atomic mass is 9.98. The van der Waals surface area contributed by atoms with E-state index in [1.54, 1.807) is 26.0 Å². The number of amides is 5. The number of halogens is 4. The number of fused-ring (bicyclic) bond motifs is 1. The minimum atomic E-state index is -4.67. The standard InChI is InChI=1S/C30H39ClF3N7O3S/c1-35-26-21(30(32,33)34)14-18(15-22(26)31)16-24(27(42)39-9-4-19(5-10-39)38(2)3)37-28(43)40-11-6-20(7-12-40)41-17-25-23(8-13-45-25)36-29(41)44/h8,13-15,19-20,24,35H,4-7,9-12,16-17H2,1-3H3,(H,36,44)(H,37,43)/t24-/m1/s1. The van der Waals surface area contributed by atoms with Crippen molar-refractivity contribution in [3.63, 3.8) is 0 Å². The van der Waals surface area contributed by atoms with Gasteiger partial charge in [0.2, 0.25) is 5.91 Å². The third kappa shape index (κ3) is 7.44. The highest BCUT2D eigenvalue weighted by Gasteiger charge is 2.37. The molecule has 2 fully saturated rings. The molecule has 3 N–H and O–H groups in total. The summed E-state index contributed by atoms with van der Waals surface area (Å²) in [6, 6.07) is 2.83. The normalized spacial score (nSPS) is 18.9. The molecule has 15 heteroatoms. The molecule has 45 heavy (non-hydrogen) atoms. The number of carbonyl (C=O) groups excluding carboxylic acids is 3. The Labute approximate surface area is 269 Å². The fourth-order valence-electron chi connectivity index (χ4n) is 6.42. The number of hydrogen-bond donors (Lipinski definition) is 3. The zero-order valence-electron chi connectivity index (χ0n) is 25.5. The number of urea groups is 2. The maximum absolute atomic E-state index is 13.9. The van der Waals surface area contributed by atoms with E-state index < -0.39 is 23.8 Å². The first-order valence-electron chi connectivity index (χ1n) is 15.1. The topological polar surface area (TPSA) is 100 Å². The van der Waals surface area contributed by atoms with Crippen molar-refractivity contribution in [3.05, 3.63) is 44.6 Å². The van der Waals surface area contributed by atoms with E-state index in [0.717, 1.165) is 29.5 Å². The molecule has 10 nitrogen and oxygen atoms in total. The molecule has 3 aliphatic rings. The van der Waals surface area contributed by atoms with Crippen LogP contribution in [0, 0.1) is 0 Å². The SMILES string of the molecule is CNc1c(Cl)cc(C[C@@H](NC(=O)N2CCC(N3Cc4sccc4NC3=O)CC2)C(=O)N2CCC(N(C)C)CC2)cc1C(F)(F)F. The van der Waals surface area contributed by atoms with E-state index in [1.165, 1.54) is 13.1 Å². The van der Waals surface area contributed by atoms with Crippen molar-refractivity contribution in [1.82, 2.24) is 24.9 Å². The Morgan fingerprint density at radius 1 is 1.11 bits per heavy atom. The summed E-state index contributed by atoms with van der Waals surface area (Å²) < 4.78 is 41.7. The van der Waals surface area contributed by atoms with E-state index in [-0.39, 0.29) is 40.7 Å². The summed E-state index contributed by atoms with van der Waals surface area (Å²) in [7, 11) is 5.34. The molecule has 1 atom stereocenters. The van der Waals surface area contributed by atoms with Crippen molar-refractivity contribution in [2.75, 3.05) is 58.0 Å². The van der Waals surface area contributed by atoms with E-state index in [0.29, 0.717) is 51.6 Å². The van der Waals surface area contributed by atoms with Gasteiger partial charge < -0.3 is 35.6 Å². The van der Waals surface area contributed by atoms with Crippen molar-refractivity contribution in [3.8, 4) is 0 Å². The molecule has 5 rings (SSSR count). The van der Waals surface area contributed by atoms with Gasteiger partial charge in [0.1, 0.15) is 6.04 Å².